The van der Waals surface area contributed by atoms with Gasteiger partial charge in [0.05, 0.1) is 13.3 Å². The van der Waals surface area contributed by atoms with Crippen molar-refractivity contribution < 1.29 is 19.1 Å². The predicted octanol–water partition coefficient (Wildman–Crippen LogP) is 1.21. The summed E-state index contributed by atoms with van der Waals surface area (Å²) in [5.41, 5.74) is -0.548. The van der Waals surface area contributed by atoms with Crippen LogP contribution in [0.25, 0.3) is 0 Å². The fraction of sp³-hybridized carbons (Fsp3) is 0.778. The van der Waals surface area contributed by atoms with Gasteiger partial charge in [0, 0.05) is 0 Å². The molecular formula is C9H18N2O4. The molecule has 0 aliphatic heterocycles. The van der Waals surface area contributed by atoms with Gasteiger partial charge in [-0.25, -0.2) is 9.59 Å². The molecule has 15 heavy (non-hydrogen) atoms. The Labute approximate surface area is 89.3 Å². The van der Waals surface area contributed by atoms with Gasteiger partial charge in [-0.3, -0.25) is 0 Å². The van der Waals surface area contributed by atoms with E-state index in [1.54, 1.807) is 27.7 Å². The van der Waals surface area contributed by atoms with E-state index in [1.165, 1.54) is 0 Å². The number of rotatable bonds is 3. The maximum atomic E-state index is 11.1. The van der Waals surface area contributed by atoms with Crippen LogP contribution in [0.1, 0.15) is 27.7 Å². The third-order valence-corrected chi connectivity index (χ3v) is 1.14. The van der Waals surface area contributed by atoms with Gasteiger partial charge in [-0.1, -0.05) is 0 Å². The van der Waals surface area contributed by atoms with Crippen LogP contribution < -0.4 is 10.6 Å². The van der Waals surface area contributed by atoms with Gasteiger partial charge in [-0.05, 0) is 27.7 Å². The molecule has 0 aromatic heterocycles. The second-order valence-electron chi connectivity index (χ2n) is 3.75. The molecule has 0 aromatic carbocycles. The average Bonchev–Trinajstić information content (AvgIpc) is 2.00. The summed E-state index contributed by atoms with van der Waals surface area (Å²) < 4.78 is 9.52. The van der Waals surface area contributed by atoms with E-state index in [4.69, 9.17) is 4.74 Å². The van der Waals surface area contributed by atoms with E-state index in [0.29, 0.717) is 0 Å². The number of ether oxygens (including phenoxy) is 2. The predicted molar refractivity (Wildman–Crippen MR) is 54.4 cm³/mol. The van der Waals surface area contributed by atoms with Crippen molar-refractivity contribution in [3.8, 4) is 0 Å². The molecule has 0 heterocycles. The molecule has 6 heteroatoms. The summed E-state index contributed by atoms with van der Waals surface area (Å²) in [5.74, 6) is 0. The van der Waals surface area contributed by atoms with Gasteiger partial charge in [-0.2, -0.15) is 0 Å². The molecule has 6 nitrogen and oxygen atoms in total. The Hall–Kier alpha value is -1.46. The number of amides is 2. The molecule has 0 aliphatic rings. The number of alkyl carbamates (subject to hydrolysis) is 2. The molecule has 2 amide bonds. The van der Waals surface area contributed by atoms with Gasteiger partial charge in [0.15, 0.2) is 0 Å². The van der Waals surface area contributed by atoms with Gasteiger partial charge < -0.3 is 20.1 Å². The van der Waals surface area contributed by atoms with Crippen LogP contribution in [0.5, 0.6) is 0 Å². The quantitative estimate of drug-likeness (QED) is 0.698. The summed E-state index contributed by atoms with van der Waals surface area (Å²) in [6, 6.07) is 0. The second kappa shape index (κ2) is 6.10. The van der Waals surface area contributed by atoms with Crippen LogP contribution in [0.15, 0.2) is 0 Å². The van der Waals surface area contributed by atoms with Gasteiger partial charge >= 0.3 is 12.2 Å². The molecule has 0 spiro atoms. The maximum Gasteiger partial charge on any atom is 0.409 e. The minimum atomic E-state index is -0.584. The van der Waals surface area contributed by atoms with Crippen LogP contribution in [-0.4, -0.2) is 31.1 Å². The number of carbonyl (C=O) groups is 2. The zero-order chi connectivity index (χ0) is 11.9. The molecule has 0 saturated carbocycles. The topological polar surface area (TPSA) is 76.7 Å². The number of carbonyl (C=O) groups excluding carboxylic acids is 2. The molecule has 2 N–H and O–H groups in total. The fourth-order valence-electron chi connectivity index (χ4n) is 0.685. The van der Waals surface area contributed by atoms with E-state index >= 15 is 0 Å². The Kier molecular flexibility index (Phi) is 5.51. The summed E-state index contributed by atoms with van der Waals surface area (Å²) in [5, 5.41) is 4.68. The number of hydrogen-bond acceptors (Lipinski definition) is 4. The van der Waals surface area contributed by atoms with Crippen LogP contribution >= 0.6 is 0 Å². The molecule has 0 aromatic rings. The molecule has 0 rings (SSSR count). The van der Waals surface area contributed by atoms with Gasteiger partial charge in [-0.15, -0.1) is 0 Å². The second-order valence-corrected chi connectivity index (χ2v) is 3.75. The number of nitrogens with one attached hydrogen (secondary N) is 2. The van der Waals surface area contributed by atoms with Crippen LogP contribution in [0.3, 0.4) is 0 Å². The van der Waals surface area contributed by atoms with Crippen LogP contribution in [0.2, 0.25) is 0 Å². The van der Waals surface area contributed by atoms with E-state index in [-0.39, 0.29) is 13.3 Å². The van der Waals surface area contributed by atoms with E-state index in [9.17, 15) is 9.59 Å². The van der Waals surface area contributed by atoms with Crippen molar-refractivity contribution in [2.24, 2.45) is 0 Å². The van der Waals surface area contributed by atoms with Crippen LogP contribution in [0.4, 0.5) is 9.59 Å². The molecular weight excluding hydrogens is 200 g/mol. The molecule has 0 saturated heterocycles. The van der Waals surface area contributed by atoms with Crippen molar-refractivity contribution in [1.82, 2.24) is 10.6 Å². The highest BCUT2D eigenvalue weighted by Gasteiger charge is 2.15. The first kappa shape index (κ1) is 13.5. The fourth-order valence-corrected chi connectivity index (χ4v) is 0.685. The Bertz CT molecular complexity index is 223. The largest absolute Gasteiger partial charge is 0.450 e. The third-order valence-electron chi connectivity index (χ3n) is 1.14. The van der Waals surface area contributed by atoms with Gasteiger partial charge in [0.2, 0.25) is 0 Å². The standard InChI is InChI=1S/C9H18N2O4/c1-5-14-7(12)10-6-11-8(13)15-9(2,3)4/h5-6H2,1-4H3,(H,10,12)(H,11,13). The molecule has 88 valence electrons. The Morgan fingerprint density at radius 2 is 1.67 bits per heavy atom. The molecule has 0 unspecified atom stereocenters. The highest BCUT2D eigenvalue weighted by molar-refractivity contribution is 5.70. The Morgan fingerprint density at radius 1 is 1.13 bits per heavy atom. The lowest BCUT2D eigenvalue weighted by atomic mass is 10.2. The number of hydrogen-bond donors (Lipinski definition) is 2. The van der Waals surface area contributed by atoms with E-state index < -0.39 is 17.8 Å². The van der Waals surface area contributed by atoms with E-state index in [2.05, 4.69) is 15.4 Å². The minimum absolute atomic E-state index is 0.0201. The first-order valence-corrected chi connectivity index (χ1v) is 4.72. The first-order valence-electron chi connectivity index (χ1n) is 4.72. The lowest BCUT2D eigenvalue weighted by Gasteiger charge is -2.19. The van der Waals surface area contributed by atoms with Crippen molar-refractivity contribution in [1.29, 1.82) is 0 Å². The van der Waals surface area contributed by atoms with Crippen molar-refractivity contribution >= 4 is 12.2 Å². The summed E-state index contributed by atoms with van der Waals surface area (Å²) in [4.78, 5) is 21.9. The lowest BCUT2D eigenvalue weighted by Crippen LogP contribution is -2.40. The van der Waals surface area contributed by atoms with Gasteiger partial charge in [0.1, 0.15) is 5.60 Å². The summed E-state index contributed by atoms with van der Waals surface area (Å²) >= 11 is 0. The van der Waals surface area contributed by atoms with Crippen LogP contribution in [-0.2, 0) is 9.47 Å². The zero-order valence-electron chi connectivity index (χ0n) is 9.55. The summed E-state index contributed by atoms with van der Waals surface area (Å²) in [7, 11) is 0. The first-order chi connectivity index (χ1) is 6.85. The average molecular weight is 218 g/mol. The molecule has 0 aliphatic carbocycles. The SMILES string of the molecule is CCOC(=O)NCNC(=O)OC(C)(C)C. The normalized spacial score (nSPS) is 10.4. The van der Waals surface area contributed by atoms with E-state index in [1.807, 2.05) is 0 Å². The minimum Gasteiger partial charge on any atom is -0.450 e. The summed E-state index contributed by atoms with van der Waals surface area (Å²) in [6.45, 7) is 7.23. The molecule has 0 fully saturated rings. The summed E-state index contributed by atoms with van der Waals surface area (Å²) in [6.07, 6.45) is -1.16. The van der Waals surface area contributed by atoms with Crippen molar-refractivity contribution in [3.05, 3.63) is 0 Å². The maximum absolute atomic E-state index is 11.1. The van der Waals surface area contributed by atoms with E-state index in [0.717, 1.165) is 0 Å². The Morgan fingerprint density at radius 3 is 2.13 bits per heavy atom. The highest BCUT2D eigenvalue weighted by Crippen LogP contribution is 2.05. The zero-order valence-corrected chi connectivity index (χ0v) is 9.55. The Balaban J connectivity index is 3.60. The molecule has 0 bridgehead atoms. The molecule has 0 radical (unpaired) electrons. The lowest BCUT2D eigenvalue weighted by molar-refractivity contribution is 0.0523. The molecule has 0 atom stereocenters. The highest BCUT2D eigenvalue weighted by atomic mass is 16.6. The third kappa shape index (κ3) is 8.86. The van der Waals surface area contributed by atoms with Gasteiger partial charge in [0.25, 0.3) is 0 Å². The van der Waals surface area contributed by atoms with Crippen molar-refractivity contribution in [2.45, 2.75) is 33.3 Å². The smallest absolute Gasteiger partial charge is 0.409 e. The van der Waals surface area contributed by atoms with Crippen molar-refractivity contribution in [2.75, 3.05) is 13.3 Å². The van der Waals surface area contributed by atoms with Crippen molar-refractivity contribution in [3.63, 3.8) is 0 Å². The van der Waals surface area contributed by atoms with Crippen LogP contribution in [0, 0.1) is 0 Å². The monoisotopic (exact) mass is 218 g/mol.